The molecular weight excluding hydrogens is 460 g/mol. The zero-order valence-corrected chi connectivity index (χ0v) is 22.7. The normalized spacial score (nSPS) is 18.3. The summed E-state index contributed by atoms with van der Waals surface area (Å²) in [6, 6.07) is 0.0942. The van der Waals surface area contributed by atoms with Gasteiger partial charge in [0.25, 0.3) is 0 Å². The zero-order chi connectivity index (χ0) is 24.6. The minimum Gasteiger partial charge on any atom is -0.377 e. The van der Waals surface area contributed by atoms with Gasteiger partial charge in [0.1, 0.15) is 5.78 Å². The monoisotopic (exact) mass is 504 g/mol. The number of amides is 2. The van der Waals surface area contributed by atoms with Crippen molar-refractivity contribution in [2.45, 2.75) is 104 Å². The quantitative estimate of drug-likeness (QED) is 0.221. The highest BCUT2D eigenvalue weighted by molar-refractivity contribution is 8.76. The molecule has 192 valence electrons. The fourth-order valence-electron chi connectivity index (χ4n) is 3.65. The Bertz CT molecular complexity index is 589. The van der Waals surface area contributed by atoms with Crippen LogP contribution in [0.15, 0.2) is 0 Å². The Hall–Kier alpha value is -0.770. The van der Waals surface area contributed by atoms with Gasteiger partial charge < -0.3 is 24.5 Å². The van der Waals surface area contributed by atoms with Crippen LogP contribution in [0.3, 0.4) is 0 Å². The van der Waals surface area contributed by atoms with E-state index in [1.165, 1.54) is 0 Å². The van der Waals surface area contributed by atoms with Crippen molar-refractivity contribution in [1.29, 1.82) is 0 Å². The molecule has 2 atom stereocenters. The molecule has 0 radical (unpaired) electrons. The summed E-state index contributed by atoms with van der Waals surface area (Å²) in [7, 11) is 3.47. The second-order valence-electron chi connectivity index (χ2n) is 9.13. The molecule has 1 fully saturated rings. The van der Waals surface area contributed by atoms with Crippen molar-refractivity contribution in [3.05, 3.63) is 0 Å². The Morgan fingerprint density at radius 3 is 2.33 bits per heavy atom. The van der Waals surface area contributed by atoms with E-state index in [1.54, 1.807) is 28.5 Å². The Labute approximate surface area is 208 Å². The second-order valence-corrected chi connectivity index (χ2v) is 11.8. The van der Waals surface area contributed by atoms with Crippen LogP contribution in [0.5, 0.6) is 0 Å². The van der Waals surface area contributed by atoms with Crippen molar-refractivity contribution in [2.24, 2.45) is 0 Å². The maximum Gasteiger partial charge on any atom is 0.223 e. The van der Waals surface area contributed by atoms with Crippen molar-refractivity contribution in [3.63, 3.8) is 0 Å². The summed E-state index contributed by atoms with van der Waals surface area (Å²) in [5, 5.41) is 2.92. The van der Waals surface area contributed by atoms with Gasteiger partial charge in [0.15, 0.2) is 0 Å². The van der Waals surface area contributed by atoms with Crippen molar-refractivity contribution in [2.75, 3.05) is 31.2 Å². The number of rotatable bonds is 18. The van der Waals surface area contributed by atoms with Crippen LogP contribution in [-0.4, -0.2) is 78.1 Å². The van der Waals surface area contributed by atoms with Crippen molar-refractivity contribution in [3.8, 4) is 0 Å². The molecule has 1 N–H and O–H groups in total. The summed E-state index contributed by atoms with van der Waals surface area (Å²) in [5.41, 5.74) is 0. The number of nitrogens with one attached hydrogen (secondary N) is 1. The van der Waals surface area contributed by atoms with Crippen molar-refractivity contribution >= 4 is 39.2 Å². The van der Waals surface area contributed by atoms with E-state index < -0.39 is 0 Å². The Morgan fingerprint density at radius 2 is 1.67 bits per heavy atom. The van der Waals surface area contributed by atoms with Crippen molar-refractivity contribution in [1.82, 2.24) is 10.2 Å². The molecular formula is C24H44N2O5S2. The predicted octanol–water partition coefficient (Wildman–Crippen LogP) is 4.23. The van der Waals surface area contributed by atoms with E-state index >= 15 is 0 Å². The van der Waals surface area contributed by atoms with Gasteiger partial charge in [-0.3, -0.25) is 9.59 Å². The molecule has 1 aliphatic heterocycles. The standard InChI is InChI=1S/C24H44N2O5S2/c1-18(2)30-17-21-15-22(31-19(3)4)16-26(21)24(29)11-8-13-32-33-14-12-25-23(28)10-7-6-9-20(5)27/h18-19,21-22H,6-17H2,1-5H3,(H,25,28)/t21-,22+/m0/s1. The number of nitrogens with zero attached hydrogens (tertiary/aromatic N) is 1. The van der Waals surface area contributed by atoms with Crippen LogP contribution >= 0.6 is 21.6 Å². The number of unbranched alkanes of at least 4 members (excludes halogenated alkanes) is 1. The third-order valence-corrected chi connectivity index (χ3v) is 7.67. The van der Waals surface area contributed by atoms with E-state index in [0.29, 0.717) is 39.0 Å². The summed E-state index contributed by atoms with van der Waals surface area (Å²) in [4.78, 5) is 37.4. The smallest absolute Gasteiger partial charge is 0.223 e. The molecule has 0 bridgehead atoms. The van der Waals surface area contributed by atoms with Crippen LogP contribution in [0, 0.1) is 0 Å². The number of ether oxygens (including phenoxy) is 2. The second kappa shape index (κ2) is 17.6. The summed E-state index contributed by atoms with van der Waals surface area (Å²) in [5.74, 6) is 2.16. The molecule has 0 aliphatic carbocycles. The first-order chi connectivity index (χ1) is 15.7. The summed E-state index contributed by atoms with van der Waals surface area (Å²) in [6.45, 7) is 11.5. The summed E-state index contributed by atoms with van der Waals surface area (Å²) in [6.07, 6.45) is 5.18. The van der Waals surface area contributed by atoms with Gasteiger partial charge in [-0.05, 0) is 60.3 Å². The average Bonchev–Trinajstić information content (AvgIpc) is 3.13. The molecule has 1 heterocycles. The minimum atomic E-state index is 0.0520. The van der Waals surface area contributed by atoms with Gasteiger partial charge >= 0.3 is 0 Å². The molecule has 0 unspecified atom stereocenters. The minimum absolute atomic E-state index is 0.0520. The highest BCUT2D eigenvalue weighted by Crippen LogP contribution is 2.25. The average molecular weight is 505 g/mol. The molecule has 1 aliphatic rings. The number of likely N-dealkylation sites (tertiary alicyclic amines) is 1. The van der Waals surface area contributed by atoms with E-state index in [0.717, 1.165) is 37.2 Å². The van der Waals surface area contributed by atoms with E-state index in [1.807, 2.05) is 32.6 Å². The fraction of sp³-hybridized carbons (Fsp3) is 0.875. The molecule has 0 aromatic carbocycles. The third kappa shape index (κ3) is 15.0. The summed E-state index contributed by atoms with van der Waals surface area (Å²) >= 11 is 0. The van der Waals surface area contributed by atoms with E-state index in [2.05, 4.69) is 5.32 Å². The zero-order valence-electron chi connectivity index (χ0n) is 21.1. The van der Waals surface area contributed by atoms with Gasteiger partial charge in [-0.1, -0.05) is 21.6 Å². The summed E-state index contributed by atoms with van der Waals surface area (Å²) < 4.78 is 11.8. The first-order valence-electron chi connectivity index (χ1n) is 12.3. The van der Waals surface area contributed by atoms with Gasteiger partial charge in [0.05, 0.1) is 31.0 Å². The van der Waals surface area contributed by atoms with Crippen LogP contribution < -0.4 is 5.32 Å². The SMILES string of the molecule is CC(=O)CCCCC(=O)NCCSSCCCC(=O)N1C[C@H](OC(C)C)C[C@H]1COC(C)C. The maximum atomic E-state index is 12.8. The molecule has 9 heteroatoms. The molecule has 0 spiro atoms. The molecule has 2 amide bonds. The van der Waals surface area contributed by atoms with Crippen LogP contribution in [0.4, 0.5) is 0 Å². The number of hydrogen-bond donors (Lipinski definition) is 1. The van der Waals surface area contributed by atoms with Gasteiger partial charge in [0, 0.05) is 43.9 Å². The fourth-order valence-corrected chi connectivity index (χ4v) is 5.64. The van der Waals surface area contributed by atoms with Gasteiger partial charge in [-0.2, -0.15) is 0 Å². The topological polar surface area (TPSA) is 84.9 Å². The lowest BCUT2D eigenvalue weighted by Gasteiger charge is -2.25. The van der Waals surface area contributed by atoms with Crippen molar-refractivity contribution < 1.29 is 23.9 Å². The Balaban J connectivity index is 2.15. The van der Waals surface area contributed by atoms with E-state index in [4.69, 9.17) is 9.47 Å². The number of Topliss-reactive ketones (excluding diaryl/α,β-unsaturated/α-hetero) is 1. The van der Waals surface area contributed by atoms with Gasteiger partial charge in [0.2, 0.25) is 11.8 Å². The highest BCUT2D eigenvalue weighted by atomic mass is 33.1. The maximum absolute atomic E-state index is 12.8. The molecule has 0 aromatic heterocycles. The van der Waals surface area contributed by atoms with Crippen LogP contribution in [0.25, 0.3) is 0 Å². The molecule has 0 saturated carbocycles. The largest absolute Gasteiger partial charge is 0.377 e. The lowest BCUT2D eigenvalue weighted by molar-refractivity contribution is -0.134. The van der Waals surface area contributed by atoms with E-state index in [9.17, 15) is 14.4 Å². The van der Waals surface area contributed by atoms with Gasteiger partial charge in [-0.25, -0.2) is 0 Å². The first-order valence-corrected chi connectivity index (χ1v) is 14.7. The van der Waals surface area contributed by atoms with Crippen LogP contribution in [0.2, 0.25) is 0 Å². The van der Waals surface area contributed by atoms with Gasteiger partial charge in [-0.15, -0.1) is 0 Å². The lowest BCUT2D eigenvalue weighted by Crippen LogP contribution is -2.39. The molecule has 1 saturated heterocycles. The number of carbonyl (C=O) groups excluding carboxylic acids is 3. The molecule has 0 aromatic rings. The number of hydrogen-bond acceptors (Lipinski definition) is 7. The molecule has 7 nitrogen and oxygen atoms in total. The Morgan fingerprint density at radius 1 is 0.970 bits per heavy atom. The number of ketones is 1. The first kappa shape index (κ1) is 30.3. The highest BCUT2D eigenvalue weighted by Gasteiger charge is 2.36. The van der Waals surface area contributed by atoms with Crippen LogP contribution in [-0.2, 0) is 23.9 Å². The molecule has 1 rings (SSSR count). The third-order valence-electron chi connectivity index (χ3n) is 5.17. The lowest BCUT2D eigenvalue weighted by atomic mass is 10.1. The van der Waals surface area contributed by atoms with E-state index in [-0.39, 0.29) is 42.0 Å². The number of carbonyl (C=O) groups is 3. The predicted molar refractivity (Wildman–Crippen MR) is 138 cm³/mol. The Kier molecular flexibility index (Phi) is 16.2. The molecule has 33 heavy (non-hydrogen) atoms. The van der Waals surface area contributed by atoms with Crippen LogP contribution in [0.1, 0.15) is 79.6 Å².